The first kappa shape index (κ1) is 12.1. The van der Waals surface area contributed by atoms with Crippen molar-refractivity contribution in [1.82, 2.24) is 10.3 Å². The normalized spacial score (nSPS) is 10.2. The third kappa shape index (κ3) is 3.28. The third-order valence-corrected chi connectivity index (χ3v) is 2.74. The van der Waals surface area contributed by atoms with E-state index in [4.69, 9.17) is 4.74 Å². The van der Waals surface area contributed by atoms with Crippen molar-refractivity contribution in [3.63, 3.8) is 0 Å². The first-order valence-electron chi connectivity index (χ1n) is 5.30. The van der Waals surface area contributed by atoms with Crippen LogP contribution in [0.15, 0.2) is 47.2 Å². The summed E-state index contributed by atoms with van der Waals surface area (Å²) < 4.78 is 6.83. The highest BCUT2D eigenvalue weighted by Gasteiger charge is 2.04. The number of nitrogens with zero attached hydrogens (tertiary/aromatic N) is 1. The summed E-state index contributed by atoms with van der Waals surface area (Å²) in [5.41, 5.74) is 1.04. The Hall–Kier alpha value is -1.39. The van der Waals surface area contributed by atoms with Gasteiger partial charge in [0.1, 0.15) is 11.5 Å². The Labute approximate surface area is 109 Å². The fraction of sp³-hybridized carbons (Fsp3) is 0.154. The lowest BCUT2D eigenvalue weighted by Crippen LogP contribution is -2.06. The van der Waals surface area contributed by atoms with Crippen LogP contribution in [0, 0.1) is 0 Å². The van der Waals surface area contributed by atoms with Crippen molar-refractivity contribution in [1.29, 1.82) is 0 Å². The molecule has 0 atom stereocenters. The maximum atomic E-state index is 5.83. The highest BCUT2D eigenvalue weighted by atomic mass is 79.9. The zero-order chi connectivity index (χ0) is 12.1. The van der Waals surface area contributed by atoms with E-state index in [0.29, 0.717) is 0 Å². The lowest BCUT2D eigenvalue weighted by molar-refractivity contribution is 0.473. The van der Waals surface area contributed by atoms with Gasteiger partial charge in [-0.25, -0.2) is 0 Å². The molecule has 0 fully saturated rings. The molecule has 0 aliphatic rings. The number of hydrogen-bond acceptors (Lipinski definition) is 3. The molecular formula is C13H13BrN2O. The fourth-order valence-corrected chi connectivity index (χ4v) is 1.87. The summed E-state index contributed by atoms with van der Waals surface area (Å²) in [6, 6.07) is 9.64. The number of pyridine rings is 1. The molecule has 1 aromatic heterocycles. The molecule has 0 saturated carbocycles. The molecule has 1 heterocycles. The number of nitrogens with one attached hydrogen (secondary N) is 1. The van der Waals surface area contributed by atoms with Crippen LogP contribution in [0.25, 0.3) is 0 Å². The summed E-state index contributed by atoms with van der Waals surface area (Å²) in [6.45, 7) is 0.733. The molecule has 2 aromatic rings. The highest BCUT2D eigenvalue weighted by Crippen LogP contribution is 2.26. The molecule has 17 heavy (non-hydrogen) atoms. The third-order valence-electron chi connectivity index (χ3n) is 2.25. The molecule has 1 N–H and O–H groups in total. The van der Waals surface area contributed by atoms with Gasteiger partial charge >= 0.3 is 0 Å². The summed E-state index contributed by atoms with van der Waals surface area (Å²) in [5, 5.41) is 3.09. The van der Waals surface area contributed by atoms with E-state index in [1.54, 1.807) is 6.20 Å². The Bertz CT molecular complexity index is 502. The largest absolute Gasteiger partial charge is 0.457 e. The molecule has 0 unspecified atom stereocenters. The molecule has 0 radical (unpaired) electrons. The second-order valence-corrected chi connectivity index (χ2v) is 4.49. The fourth-order valence-electron chi connectivity index (χ4n) is 1.49. The van der Waals surface area contributed by atoms with Crippen LogP contribution in [0.5, 0.6) is 11.5 Å². The molecular weight excluding hydrogens is 280 g/mol. The molecule has 2 rings (SSSR count). The van der Waals surface area contributed by atoms with E-state index < -0.39 is 0 Å². The van der Waals surface area contributed by atoms with Crippen molar-refractivity contribution in [2.75, 3.05) is 7.05 Å². The predicted octanol–water partition coefficient (Wildman–Crippen LogP) is 3.36. The number of halogens is 1. The maximum absolute atomic E-state index is 5.83. The van der Waals surface area contributed by atoms with E-state index in [1.165, 1.54) is 0 Å². The lowest BCUT2D eigenvalue weighted by atomic mass is 10.2. The van der Waals surface area contributed by atoms with Gasteiger partial charge in [-0.15, -0.1) is 0 Å². The van der Waals surface area contributed by atoms with Crippen LogP contribution in [-0.4, -0.2) is 12.0 Å². The number of rotatable bonds is 4. The number of ether oxygens (including phenoxy) is 1. The van der Waals surface area contributed by atoms with Crippen LogP contribution in [0.4, 0.5) is 0 Å². The van der Waals surface area contributed by atoms with Crippen molar-refractivity contribution < 1.29 is 4.74 Å². The maximum Gasteiger partial charge on any atom is 0.134 e. The molecule has 1 aromatic carbocycles. The molecule has 4 heteroatoms. The van der Waals surface area contributed by atoms with Crippen molar-refractivity contribution >= 4 is 15.9 Å². The van der Waals surface area contributed by atoms with Crippen molar-refractivity contribution in [2.45, 2.75) is 6.54 Å². The van der Waals surface area contributed by atoms with Crippen molar-refractivity contribution in [2.24, 2.45) is 0 Å². The van der Waals surface area contributed by atoms with Crippen molar-refractivity contribution in [3.05, 3.63) is 52.8 Å². The molecule has 0 spiro atoms. The Morgan fingerprint density at radius 1 is 1.35 bits per heavy atom. The molecule has 0 aliphatic carbocycles. The van der Waals surface area contributed by atoms with Crippen LogP contribution in [0.3, 0.4) is 0 Å². The van der Waals surface area contributed by atoms with E-state index in [0.717, 1.165) is 28.1 Å². The standard InChI is InChI=1S/C13H13BrN2O/c1-15-8-10-9-16-6-5-13(10)17-12-4-2-3-11(14)7-12/h2-7,9,15H,8H2,1H3. The summed E-state index contributed by atoms with van der Waals surface area (Å²) in [7, 11) is 1.90. The van der Waals surface area contributed by atoms with Gasteiger partial charge in [0.05, 0.1) is 0 Å². The molecule has 0 bridgehead atoms. The minimum absolute atomic E-state index is 0.733. The first-order chi connectivity index (χ1) is 8.29. The molecule has 88 valence electrons. The van der Waals surface area contributed by atoms with Gasteiger partial charge in [-0.05, 0) is 31.3 Å². The molecule has 0 aliphatic heterocycles. The average molecular weight is 293 g/mol. The Morgan fingerprint density at radius 2 is 2.24 bits per heavy atom. The Balaban J connectivity index is 2.23. The lowest BCUT2D eigenvalue weighted by Gasteiger charge is -2.10. The minimum Gasteiger partial charge on any atom is -0.457 e. The van der Waals surface area contributed by atoms with Gasteiger partial charge in [-0.3, -0.25) is 4.98 Å². The predicted molar refractivity (Wildman–Crippen MR) is 71.2 cm³/mol. The van der Waals surface area contributed by atoms with Crippen LogP contribution >= 0.6 is 15.9 Å². The number of benzene rings is 1. The highest BCUT2D eigenvalue weighted by molar-refractivity contribution is 9.10. The zero-order valence-electron chi connectivity index (χ0n) is 9.48. The van der Waals surface area contributed by atoms with E-state index in [-0.39, 0.29) is 0 Å². The average Bonchev–Trinajstić information content (AvgIpc) is 2.32. The van der Waals surface area contributed by atoms with E-state index in [1.807, 2.05) is 43.6 Å². The van der Waals surface area contributed by atoms with Gasteiger partial charge in [0.25, 0.3) is 0 Å². The van der Waals surface area contributed by atoms with Crippen LogP contribution in [0.2, 0.25) is 0 Å². The monoisotopic (exact) mass is 292 g/mol. The van der Waals surface area contributed by atoms with Crippen LogP contribution < -0.4 is 10.1 Å². The van der Waals surface area contributed by atoms with Gasteiger partial charge in [0.2, 0.25) is 0 Å². The smallest absolute Gasteiger partial charge is 0.134 e. The Kier molecular flexibility index (Phi) is 4.12. The summed E-state index contributed by atoms with van der Waals surface area (Å²) >= 11 is 3.42. The van der Waals surface area contributed by atoms with Crippen LogP contribution in [-0.2, 0) is 6.54 Å². The first-order valence-corrected chi connectivity index (χ1v) is 6.10. The van der Waals surface area contributed by atoms with E-state index in [9.17, 15) is 0 Å². The zero-order valence-corrected chi connectivity index (χ0v) is 11.1. The molecule has 0 amide bonds. The number of aromatic nitrogens is 1. The van der Waals surface area contributed by atoms with Gasteiger partial charge in [-0.2, -0.15) is 0 Å². The second-order valence-electron chi connectivity index (χ2n) is 3.57. The molecule has 0 saturated heterocycles. The van der Waals surface area contributed by atoms with Crippen LogP contribution in [0.1, 0.15) is 5.56 Å². The van der Waals surface area contributed by atoms with Crippen molar-refractivity contribution in [3.8, 4) is 11.5 Å². The quantitative estimate of drug-likeness (QED) is 0.938. The number of hydrogen-bond donors (Lipinski definition) is 1. The van der Waals surface area contributed by atoms with Gasteiger partial charge < -0.3 is 10.1 Å². The Morgan fingerprint density at radius 3 is 3.00 bits per heavy atom. The summed E-state index contributed by atoms with van der Waals surface area (Å²) in [4.78, 5) is 4.09. The van der Waals surface area contributed by atoms with Gasteiger partial charge in [-0.1, -0.05) is 22.0 Å². The SMILES string of the molecule is CNCc1cnccc1Oc1cccc(Br)c1. The topological polar surface area (TPSA) is 34.2 Å². The van der Waals surface area contributed by atoms with Gasteiger partial charge in [0.15, 0.2) is 0 Å². The van der Waals surface area contributed by atoms with Gasteiger partial charge in [0, 0.05) is 29.0 Å². The second kappa shape index (κ2) is 5.80. The minimum atomic E-state index is 0.733. The van der Waals surface area contributed by atoms with E-state index in [2.05, 4.69) is 26.2 Å². The van der Waals surface area contributed by atoms with E-state index >= 15 is 0 Å². The summed E-state index contributed by atoms with van der Waals surface area (Å²) in [5.74, 6) is 1.63. The molecule has 3 nitrogen and oxygen atoms in total. The summed E-state index contributed by atoms with van der Waals surface area (Å²) in [6.07, 6.45) is 3.54.